The number of nitrogen functional groups attached to an aromatic ring is 1. The first-order valence-corrected chi connectivity index (χ1v) is 14.1. The van der Waals surface area contributed by atoms with Gasteiger partial charge >= 0.3 is 13.7 Å². The average Bonchev–Trinajstić information content (AvgIpc) is 3.48. The minimum absolute atomic E-state index is 0.104. The third-order valence-electron chi connectivity index (χ3n) is 6.34. The number of benzene rings is 1. The van der Waals surface area contributed by atoms with Crippen LogP contribution in [0.1, 0.15) is 32.4 Å². The fourth-order valence-corrected chi connectivity index (χ4v) is 5.79. The van der Waals surface area contributed by atoms with Gasteiger partial charge in [0, 0.05) is 6.04 Å². The van der Waals surface area contributed by atoms with Crippen molar-refractivity contribution in [3.05, 3.63) is 36.7 Å². The van der Waals surface area contributed by atoms with Crippen LogP contribution in [-0.2, 0) is 23.4 Å². The number of carbonyl (C=O) groups excluding carboxylic acids is 1. The molecule has 2 fully saturated rings. The van der Waals surface area contributed by atoms with E-state index in [1.807, 2.05) is 0 Å². The van der Waals surface area contributed by atoms with E-state index in [0.29, 0.717) is 35.2 Å². The number of methoxy groups -OCH3 is 1. The van der Waals surface area contributed by atoms with E-state index >= 15 is 0 Å². The molecule has 1 aliphatic carbocycles. The molecule has 1 saturated heterocycles. The molecule has 0 amide bonds. The lowest BCUT2D eigenvalue weighted by Crippen LogP contribution is -2.35. The molecular formula is C25H30N7O6P. The highest BCUT2D eigenvalue weighted by Crippen LogP contribution is 2.46. The Balaban J connectivity index is 1.33. The van der Waals surface area contributed by atoms with Gasteiger partial charge in [0.05, 0.1) is 32.1 Å². The predicted molar refractivity (Wildman–Crippen MR) is 142 cm³/mol. The van der Waals surface area contributed by atoms with Gasteiger partial charge in [0.15, 0.2) is 23.2 Å². The lowest BCUT2D eigenvalue weighted by atomic mass is 10.0. The summed E-state index contributed by atoms with van der Waals surface area (Å²) in [4.78, 5) is 25.2. The molecule has 0 bridgehead atoms. The number of ether oxygens (including phenoxy) is 2. The van der Waals surface area contributed by atoms with Crippen LogP contribution < -0.4 is 20.7 Å². The van der Waals surface area contributed by atoms with E-state index in [4.69, 9.17) is 30.7 Å². The molecule has 0 spiro atoms. The number of terminal acetylenes is 1. The molecule has 3 heterocycles. The monoisotopic (exact) mass is 555 g/mol. The Morgan fingerprint density at radius 1 is 1.33 bits per heavy atom. The fourth-order valence-electron chi connectivity index (χ4n) is 4.26. The summed E-state index contributed by atoms with van der Waals surface area (Å²) in [6, 6.07) is 7.88. The third kappa shape index (κ3) is 6.15. The van der Waals surface area contributed by atoms with Crippen LogP contribution in [0.15, 0.2) is 36.7 Å². The smallest absolute Gasteiger partial charge is 0.459 e. The summed E-state index contributed by atoms with van der Waals surface area (Å²) in [6.45, 7) is 1.37. The minimum Gasteiger partial charge on any atom is -0.468 e. The Morgan fingerprint density at radius 3 is 2.79 bits per heavy atom. The Kier molecular flexibility index (Phi) is 7.72. The molecule has 2 aliphatic rings. The number of anilines is 2. The van der Waals surface area contributed by atoms with Gasteiger partial charge in [-0.25, -0.2) is 9.55 Å². The number of hydrogen-bond donors (Lipinski definition) is 3. The van der Waals surface area contributed by atoms with Gasteiger partial charge in [-0.3, -0.25) is 13.9 Å². The van der Waals surface area contributed by atoms with Crippen LogP contribution in [0.4, 0.5) is 11.8 Å². The predicted octanol–water partition coefficient (Wildman–Crippen LogP) is 2.87. The van der Waals surface area contributed by atoms with Gasteiger partial charge < -0.3 is 25.0 Å². The average molecular weight is 556 g/mol. The molecular weight excluding hydrogens is 525 g/mol. The Morgan fingerprint density at radius 2 is 2.10 bits per heavy atom. The Bertz CT molecular complexity index is 1420. The molecule has 1 aliphatic heterocycles. The molecule has 14 heteroatoms. The lowest BCUT2D eigenvalue weighted by Gasteiger charge is -2.24. The lowest BCUT2D eigenvalue weighted by molar-refractivity contribution is -0.142. The number of esters is 1. The van der Waals surface area contributed by atoms with Gasteiger partial charge in [0.1, 0.15) is 11.8 Å². The quantitative estimate of drug-likeness (QED) is 0.180. The van der Waals surface area contributed by atoms with Crippen LogP contribution in [0, 0.1) is 18.3 Å². The Labute approximate surface area is 225 Å². The summed E-state index contributed by atoms with van der Waals surface area (Å²) in [5.41, 5.74) is 7.04. The number of carbonyl (C=O) groups is 1. The first kappa shape index (κ1) is 26.9. The van der Waals surface area contributed by atoms with E-state index in [0.717, 1.165) is 12.8 Å². The molecule has 4 N–H and O–H groups in total. The maximum Gasteiger partial charge on any atom is 0.459 e. The van der Waals surface area contributed by atoms with E-state index < -0.39 is 32.1 Å². The van der Waals surface area contributed by atoms with Gasteiger partial charge in [-0.05, 0) is 38.3 Å². The van der Waals surface area contributed by atoms with E-state index in [1.54, 1.807) is 41.2 Å². The third-order valence-corrected chi connectivity index (χ3v) is 7.99. The number of rotatable bonds is 11. The number of hydrogen-bond acceptors (Lipinski definition) is 11. The second-order valence-corrected chi connectivity index (χ2v) is 11.1. The van der Waals surface area contributed by atoms with E-state index in [9.17, 15) is 9.36 Å². The normalized spacial score (nSPS) is 23.1. The summed E-state index contributed by atoms with van der Waals surface area (Å²) >= 11 is 0. The number of fused-ring (bicyclic) bond motifs is 1. The van der Waals surface area contributed by atoms with Crippen LogP contribution in [-0.4, -0.2) is 57.4 Å². The van der Waals surface area contributed by atoms with Crippen LogP contribution in [0.3, 0.4) is 0 Å². The molecule has 39 heavy (non-hydrogen) atoms. The number of aromatic nitrogens is 4. The standard InChI is InChI=1S/C25H30N7O6P/c1-4-16-12-19(13-36-39(34,31-15(2)24(33)35-3)38-18-8-6-5-7-9-18)37-23(16)32-14-27-20-21(28-17-10-11-17)29-25(26)30-22(20)32/h1,5-9,14-17,19,23H,10-13H2,2-3H3,(H,31,34)(H3,26,28,29,30)/t15-,16+,19+,23-,39?/m1/s1. The molecule has 1 unspecified atom stereocenters. The minimum atomic E-state index is -4.03. The van der Waals surface area contributed by atoms with Crippen LogP contribution in [0.25, 0.3) is 11.2 Å². The molecule has 13 nitrogen and oxygen atoms in total. The number of nitrogens with one attached hydrogen (secondary N) is 2. The van der Waals surface area contributed by atoms with E-state index in [-0.39, 0.29) is 18.5 Å². The molecule has 206 valence electrons. The highest BCUT2D eigenvalue weighted by Gasteiger charge is 2.40. The zero-order valence-electron chi connectivity index (χ0n) is 21.5. The number of nitrogens with two attached hydrogens (primary N) is 1. The molecule has 0 radical (unpaired) electrons. The van der Waals surface area contributed by atoms with Crippen molar-refractivity contribution in [2.45, 2.75) is 50.6 Å². The van der Waals surface area contributed by atoms with Gasteiger partial charge in [0.25, 0.3) is 0 Å². The molecule has 5 rings (SSSR count). The van der Waals surface area contributed by atoms with Crippen molar-refractivity contribution < 1.29 is 27.9 Å². The van der Waals surface area contributed by atoms with Gasteiger partial charge in [0.2, 0.25) is 5.95 Å². The van der Waals surface area contributed by atoms with Crippen molar-refractivity contribution in [1.82, 2.24) is 24.6 Å². The van der Waals surface area contributed by atoms with Crippen molar-refractivity contribution in [2.75, 3.05) is 24.8 Å². The Hall–Kier alpha value is -3.69. The van der Waals surface area contributed by atoms with Gasteiger partial charge in [-0.15, -0.1) is 6.42 Å². The largest absolute Gasteiger partial charge is 0.468 e. The van der Waals surface area contributed by atoms with E-state index in [1.165, 1.54) is 14.0 Å². The zero-order valence-corrected chi connectivity index (χ0v) is 22.4. The second kappa shape index (κ2) is 11.2. The number of imidazole rings is 1. The first-order valence-electron chi connectivity index (χ1n) is 12.5. The van der Waals surface area contributed by atoms with Crippen molar-refractivity contribution in [2.24, 2.45) is 5.92 Å². The van der Waals surface area contributed by atoms with Crippen LogP contribution in [0.2, 0.25) is 0 Å². The van der Waals surface area contributed by atoms with E-state index in [2.05, 4.69) is 31.3 Å². The molecule has 1 saturated carbocycles. The van der Waals surface area contributed by atoms with Crippen LogP contribution in [0.5, 0.6) is 5.75 Å². The van der Waals surface area contributed by atoms with Crippen molar-refractivity contribution >= 4 is 36.6 Å². The zero-order chi connectivity index (χ0) is 27.6. The van der Waals surface area contributed by atoms with Crippen molar-refractivity contribution in [3.8, 4) is 18.1 Å². The summed E-state index contributed by atoms with van der Waals surface area (Å²) < 4.78 is 37.8. The SMILES string of the molecule is C#C[C@H]1C[C@@H](COP(=O)(N[C@H](C)C(=O)OC)Oc2ccccc2)O[C@H]1n1cnc2c(NC3CC3)nc(N)nc21. The maximum atomic E-state index is 13.7. The van der Waals surface area contributed by atoms with Gasteiger partial charge in [-0.1, -0.05) is 24.1 Å². The van der Waals surface area contributed by atoms with Crippen molar-refractivity contribution in [3.63, 3.8) is 0 Å². The van der Waals surface area contributed by atoms with Crippen LogP contribution >= 0.6 is 7.75 Å². The summed E-state index contributed by atoms with van der Waals surface area (Å²) in [5, 5.41) is 5.95. The summed E-state index contributed by atoms with van der Waals surface area (Å²) in [5.74, 6) is 2.76. The first-order chi connectivity index (χ1) is 18.8. The highest BCUT2D eigenvalue weighted by atomic mass is 31.2. The number of para-hydroxylation sites is 1. The molecule has 5 atom stereocenters. The highest BCUT2D eigenvalue weighted by molar-refractivity contribution is 7.52. The summed E-state index contributed by atoms with van der Waals surface area (Å²) in [6.07, 6.45) is 8.82. The fraction of sp³-hybridized carbons (Fsp3) is 0.440. The maximum absolute atomic E-state index is 13.7. The topological polar surface area (TPSA) is 165 Å². The molecule has 3 aromatic rings. The molecule has 1 aromatic carbocycles. The number of nitrogens with zero attached hydrogens (tertiary/aromatic N) is 4. The van der Waals surface area contributed by atoms with Gasteiger partial charge in [-0.2, -0.15) is 15.1 Å². The second-order valence-electron chi connectivity index (χ2n) is 9.40. The molecule has 2 aromatic heterocycles. The van der Waals surface area contributed by atoms with Crippen molar-refractivity contribution in [1.29, 1.82) is 0 Å². The summed E-state index contributed by atoms with van der Waals surface area (Å²) in [7, 11) is -2.80.